The van der Waals surface area contributed by atoms with Crippen LogP contribution in [-0.2, 0) is 4.79 Å². The predicted octanol–water partition coefficient (Wildman–Crippen LogP) is 4.49. The Balaban J connectivity index is 2.05. The second-order valence-corrected chi connectivity index (χ2v) is 7.30. The highest BCUT2D eigenvalue weighted by Gasteiger charge is 2.32. The van der Waals surface area contributed by atoms with Gasteiger partial charge in [0.1, 0.15) is 0 Å². The smallest absolute Gasteiger partial charge is 0.258 e. The number of carbonyl (C=O) groups excluding carboxylic acids is 1. The van der Waals surface area contributed by atoms with Gasteiger partial charge in [0, 0.05) is 23.0 Å². The molecular formula is C21H22ClN3OS. The maximum Gasteiger partial charge on any atom is 0.258 e. The summed E-state index contributed by atoms with van der Waals surface area (Å²) in [7, 11) is 0. The van der Waals surface area contributed by atoms with Gasteiger partial charge in [-0.2, -0.15) is 0 Å². The lowest BCUT2D eigenvalue weighted by molar-refractivity contribution is -0.115. The Labute approximate surface area is 170 Å². The lowest BCUT2D eigenvalue weighted by Crippen LogP contribution is -2.47. The molecule has 0 spiro atoms. The summed E-state index contributed by atoms with van der Waals surface area (Å²) in [5.41, 5.74) is 4.31. The molecule has 140 valence electrons. The van der Waals surface area contributed by atoms with E-state index in [-0.39, 0.29) is 11.9 Å². The van der Waals surface area contributed by atoms with Gasteiger partial charge in [-0.3, -0.25) is 4.79 Å². The van der Waals surface area contributed by atoms with Crippen LogP contribution >= 0.6 is 23.8 Å². The fraction of sp³-hybridized carbons (Fsp3) is 0.238. The molecule has 2 N–H and O–H groups in total. The van der Waals surface area contributed by atoms with Crippen LogP contribution in [0.5, 0.6) is 0 Å². The minimum absolute atomic E-state index is 0.0493. The Hall–Kier alpha value is -2.37. The number of halogens is 1. The first kappa shape index (κ1) is 19.4. The average Bonchev–Trinajstić information content (AvgIpc) is 2.63. The van der Waals surface area contributed by atoms with E-state index in [1.54, 1.807) is 4.90 Å². The molecule has 2 aromatic carbocycles. The largest absolute Gasteiger partial charge is 0.351 e. The van der Waals surface area contributed by atoms with Gasteiger partial charge in [0.25, 0.3) is 5.91 Å². The molecule has 0 fully saturated rings. The van der Waals surface area contributed by atoms with E-state index in [9.17, 15) is 4.79 Å². The molecule has 0 radical (unpaired) electrons. The molecule has 27 heavy (non-hydrogen) atoms. The summed E-state index contributed by atoms with van der Waals surface area (Å²) in [6, 6.07) is 15.0. The molecule has 1 aliphatic rings. The lowest BCUT2D eigenvalue weighted by atomic mass is 9.94. The number of hydrogen-bond donors (Lipinski definition) is 2. The number of likely N-dealkylation sites (N-methyl/N-ethyl adjacent to an activating group) is 1. The van der Waals surface area contributed by atoms with E-state index in [4.69, 9.17) is 23.8 Å². The van der Waals surface area contributed by atoms with E-state index in [0.717, 1.165) is 22.5 Å². The van der Waals surface area contributed by atoms with Gasteiger partial charge in [-0.25, -0.2) is 0 Å². The van der Waals surface area contributed by atoms with Gasteiger partial charge in [-0.05, 0) is 62.3 Å². The number of nitrogens with zero attached hydrogens (tertiary/aromatic N) is 1. The number of nitrogens with one attached hydrogen (secondary N) is 2. The highest BCUT2D eigenvalue weighted by Crippen LogP contribution is 2.31. The summed E-state index contributed by atoms with van der Waals surface area (Å²) in [5, 5.41) is 7.48. The topological polar surface area (TPSA) is 44.4 Å². The molecule has 0 aliphatic carbocycles. The van der Waals surface area contributed by atoms with E-state index in [2.05, 4.69) is 10.6 Å². The predicted molar refractivity (Wildman–Crippen MR) is 115 cm³/mol. The van der Waals surface area contributed by atoms with Crippen LogP contribution in [0, 0.1) is 6.92 Å². The number of allylic oxidation sites excluding steroid dienone is 1. The monoisotopic (exact) mass is 399 g/mol. The Bertz CT molecular complexity index is 908. The van der Waals surface area contributed by atoms with Gasteiger partial charge in [0.15, 0.2) is 5.11 Å². The fourth-order valence-electron chi connectivity index (χ4n) is 3.32. The van der Waals surface area contributed by atoms with E-state index < -0.39 is 0 Å². The van der Waals surface area contributed by atoms with Crippen molar-refractivity contribution in [2.75, 3.05) is 11.4 Å². The highest BCUT2D eigenvalue weighted by molar-refractivity contribution is 7.80. The molecule has 1 amide bonds. The molecule has 2 aromatic rings. The van der Waals surface area contributed by atoms with Gasteiger partial charge >= 0.3 is 0 Å². The number of aryl methyl sites for hydroxylation is 1. The molecule has 1 aliphatic heterocycles. The molecule has 4 nitrogen and oxygen atoms in total. The number of benzene rings is 2. The van der Waals surface area contributed by atoms with Crippen LogP contribution in [0.2, 0.25) is 5.02 Å². The van der Waals surface area contributed by atoms with Gasteiger partial charge in [0.2, 0.25) is 0 Å². The molecule has 3 rings (SSSR count). The first-order valence-corrected chi connectivity index (χ1v) is 9.62. The van der Waals surface area contributed by atoms with Crippen LogP contribution in [0.3, 0.4) is 0 Å². The third-order valence-electron chi connectivity index (χ3n) is 4.67. The van der Waals surface area contributed by atoms with Crippen molar-refractivity contribution in [3.63, 3.8) is 0 Å². The van der Waals surface area contributed by atoms with Gasteiger partial charge < -0.3 is 15.5 Å². The summed E-state index contributed by atoms with van der Waals surface area (Å²) in [5.74, 6) is -0.0493. The standard InChI is InChI=1S/C21H22ClN3OS/c1-4-25(17-8-6-5-7-13(17)2)20(26)18-14(3)23-21(27)24-19(18)15-9-11-16(22)12-10-15/h5-12,19H,4H2,1-3H3,(H2,23,24,27). The Kier molecular flexibility index (Phi) is 5.82. The molecule has 1 heterocycles. The Morgan fingerprint density at radius 1 is 1.15 bits per heavy atom. The van der Waals surface area contributed by atoms with Gasteiger partial charge in [-0.1, -0.05) is 41.9 Å². The normalized spacial score (nSPS) is 16.6. The van der Waals surface area contributed by atoms with Gasteiger partial charge in [0.05, 0.1) is 11.6 Å². The van der Waals surface area contributed by atoms with Crippen molar-refractivity contribution in [2.45, 2.75) is 26.8 Å². The number of rotatable bonds is 4. The highest BCUT2D eigenvalue weighted by atomic mass is 35.5. The second-order valence-electron chi connectivity index (χ2n) is 6.46. The van der Waals surface area contributed by atoms with Crippen molar-refractivity contribution in [3.8, 4) is 0 Å². The van der Waals surface area contributed by atoms with E-state index in [0.29, 0.717) is 22.3 Å². The number of amides is 1. The van der Waals surface area contributed by atoms with Crippen molar-refractivity contribution in [2.24, 2.45) is 0 Å². The minimum Gasteiger partial charge on any atom is -0.351 e. The maximum absolute atomic E-state index is 13.6. The zero-order chi connectivity index (χ0) is 19.6. The number of carbonyl (C=O) groups is 1. The van der Waals surface area contributed by atoms with Crippen LogP contribution < -0.4 is 15.5 Å². The Morgan fingerprint density at radius 2 is 1.81 bits per heavy atom. The lowest BCUT2D eigenvalue weighted by Gasteiger charge is -2.33. The van der Waals surface area contributed by atoms with Crippen LogP contribution in [0.25, 0.3) is 0 Å². The van der Waals surface area contributed by atoms with Crippen LogP contribution in [0.4, 0.5) is 5.69 Å². The van der Waals surface area contributed by atoms with Crippen LogP contribution in [0.1, 0.15) is 31.0 Å². The average molecular weight is 400 g/mol. The van der Waals surface area contributed by atoms with Crippen molar-refractivity contribution in [1.29, 1.82) is 0 Å². The van der Waals surface area contributed by atoms with Crippen molar-refractivity contribution >= 4 is 40.5 Å². The molecule has 6 heteroatoms. The number of hydrogen-bond acceptors (Lipinski definition) is 2. The van der Waals surface area contributed by atoms with E-state index in [1.165, 1.54) is 0 Å². The molecule has 1 atom stereocenters. The molecule has 0 saturated carbocycles. The fourth-order valence-corrected chi connectivity index (χ4v) is 3.71. The maximum atomic E-state index is 13.6. The quantitative estimate of drug-likeness (QED) is 0.743. The third-order valence-corrected chi connectivity index (χ3v) is 5.14. The van der Waals surface area contributed by atoms with Crippen molar-refractivity contribution in [1.82, 2.24) is 10.6 Å². The number of anilines is 1. The summed E-state index contributed by atoms with van der Waals surface area (Å²) in [4.78, 5) is 15.4. The van der Waals surface area contributed by atoms with Crippen molar-refractivity contribution < 1.29 is 4.79 Å². The summed E-state index contributed by atoms with van der Waals surface area (Å²) < 4.78 is 0. The number of thiocarbonyl (C=S) groups is 1. The summed E-state index contributed by atoms with van der Waals surface area (Å²) >= 11 is 11.4. The summed E-state index contributed by atoms with van der Waals surface area (Å²) in [6.45, 7) is 6.44. The van der Waals surface area contributed by atoms with Crippen LogP contribution in [0.15, 0.2) is 59.8 Å². The molecule has 1 unspecified atom stereocenters. The summed E-state index contributed by atoms with van der Waals surface area (Å²) in [6.07, 6.45) is 0. The zero-order valence-corrected chi connectivity index (χ0v) is 17.1. The third kappa shape index (κ3) is 3.99. The first-order valence-electron chi connectivity index (χ1n) is 8.83. The molecular weight excluding hydrogens is 378 g/mol. The van der Waals surface area contributed by atoms with E-state index in [1.807, 2.05) is 69.3 Å². The number of para-hydroxylation sites is 1. The Morgan fingerprint density at radius 3 is 2.44 bits per heavy atom. The molecule has 0 aromatic heterocycles. The van der Waals surface area contributed by atoms with E-state index >= 15 is 0 Å². The molecule has 0 bridgehead atoms. The first-order chi connectivity index (χ1) is 12.9. The molecule has 0 saturated heterocycles. The van der Waals surface area contributed by atoms with Crippen molar-refractivity contribution in [3.05, 3.63) is 76.0 Å². The van der Waals surface area contributed by atoms with Crippen LogP contribution in [-0.4, -0.2) is 17.6 Å². The minimum atomic E-state index is -0.332. The van der Waals surface area contributed by atoms with Gasteiger partial charge in [-0.15, -0.1) is 0 Å². The second kappa shape index (κ2) is 8.11. The SMILES string of the molecule is CCN(C(=O)C1=C(C)NC(=S)NC1c1ccc(Cl)cc1)c1ccccc1C. The zero-order valence-electron chi connectivity index (χ0n) is 15.5.